The third kappa shape index (κ3) is 62.4. The lowest BCUT2D eigenvalue weighted by atomic mass is 10.0. The number of quaternary nitrogens is 1. The van der Waals surface area contributed by atoms with E-state index in [1.54, 1.807) is 0 Å². The molecular weight excluding hydrogens is 983 g/mol. The Labute approximate surface area is 488 Å². The Morgan fingerprint density at radius 1 is 0.392 bits per heavy atom. The number of allylic oxidation sites excluding steroid dienone is 10. The van der Waals surface area contributed by atoms with Crippen LogP contribution in [0.3, 0.4) is 0 Å². The molecule has 0 heterocycles. The van der Waals surface area contributed by atoms with E-state index in [1.807, 2.05) is 21.1 Å². The summed E-state index contributed by atoms with van der Waals surface area (Å²) in [5.41, 5.74) is 0. The van der Waals surface area contributed by atoms with E-state index in [9.17, 15) is 19.5 Å². The van der Waals surface area contributed by atoms with Gasteiger partial charge in [-0.05, 0) is 77.0 Å². The Hall–Kier alpha value is -3.01. The van der Waals surface area contributed by atoms with Gasteiger partial charge in [-0.1, -0.05) is 280 Å². The van der Waals surface area contributed by atoms with Crippen LogP contribution in [0.25, 0.3) is 0 Å². The van der Waals surface area contributed by atoms with Gasteiger partial charge in [0, 0.05) is 12.8 Å². The van der Waals surface area contributed by atoms with Crippen LogP contribution in [0.2, 0.25) is 0 Å². The first-order valence-corrected chi connectivity index (χ1v) is 33.4. The van der Waals surface area contributed by atoms with E-state index >= 15 is 0 Å². The van der Waals surface area contributed by atoms with Gasteiger partial charge in [0.05, 0.1) is 40.3 Å². The highest BCUT2D eigenvalue weighted by molar-refractivity contribution is 5.70. The molecule has 0 bridgehead atoms. The number of hydrogen-bond donors (Lipinski definition) is 0. The van der Waals surface area contributed by atoms with Crippen molar-refractivity contribution >= 4 is 17.9 Å². The molecule has 0 amide bonds. The van der Waals surface area contributed by atoms with Crippen molar-refractivity contribution in [1.82, 2.24) is 0 Å². The minimum Gasteiger partial charge on any atom is -0.545 e. The number of esters is 2. The van der Waals surface area contributed by atoms with Crippen molar-refractivity contribution in [1.29, 1.82) is 0 Å². The van der Waals surface area contributed by atoms with E-state index in [4.69, 9.17) is 18.9 Å². The Balaban J connectivity index is 4.12. The molecular formula is C70H127NO8. The SMILES string of the molecule is CC/C=C\C/C=C\C/C=C\C/C=C\CCCCCCCCCCCCCCCCCCC(=O)OC(COC(=O)CCCCCCCCCCCCCCC/C=C\CCCCCCCCCC)COC(OCC[N+](C)(C)C)C(=O)[O-]. The molecule has 9 heteroatoms. The Kier molecular flexibility index (Phi) is 58.7. The van der Waals surface area contributed by atoms with Crippen LogP contribution in [0, 0.1) is 0 Å². The van der Waals surface area contributed by atoms with Crippen LogP contribution in [-0.2, 0) is 33.3 Å². The number of rotatable bonds is 62. The highest BCUT2D eigenvalue weighted by atomic mass is 16.7. The molecule has 0 aliphatic heterocycles. The maximum atomic E-state index is 12.9. The van der Waals surface area contributed by atoms with E-state index in [2.05, 4.69) is 74.6 Å². The summed E-state index contributed by atoms with van der Waals surface area (Å²) in [6, 6.07) is 0. The van der Waals surface area contributed by atoms with E-state index < -0.39 is 24.3 Å². The second-order valence-electron chi connectivity index (χ2n) is 23.7. The summed E-state index contributed by atoms with van der Waals surface area (Å²) in [5, 5.41) is 11.8. The van der Waals surface area contributed by atoms with Gasteiger partial charge in [0.15, 0.2) is 12.4 Å². The average molecular weight is 1110 g/mol. The summed E-state index contributed by atoms with van der Waals surface area (Å²) >= 11 is 0. The van der Waals surface area contributed by atoms with Gasteiger partial charge < -0.3 is 33.3 Å². The monoisotopic (exact) mass is 1110 g/mol. The summed E-state index contributed by atoms with van der Waals surface area (Å²) in [4.78, 5) is 37.4. The molecule has 0 aliphatic rings. The third-order valence-corrected chi connectivity index (χ3v) is 14.7. The second-order valence-corrected chi connectivity index (χ2v) is 23.7. The summed E-state index contributed by atoms with van der Waals surface area (Å²) in [7, 11) is 5.94. The highest BCUT2D eigenvalue weighted by Gasteiger charge is 2.22. The summed E-state index contributed by atoms with van der Waals surface area (Å²) in [6.07, 6.45) is 75.8. The fourth-order valence-corrected chi connectivity index (χ4v) is 9.64. The van der Waals surface area contributed by atoms with Crippen molar-refractivity contribution in [3.05, 3.63) is 60.8 Å². The topological polar surface area (TPSA) is 111 Å². The Morgan fingerprint density at radius 2 is 0.722 bits per heavy atom. The van der Waals surface area contributed by atoms with Crippen molar-refractivity contribution < 1.29 is 42.9 Å². The largest absolute Gasteiger partial charge is 0.545 e. The molecule has 9 nitrogen and oxygen atoms in total. The van der Waals surface area contributed by atoms with E-state index in [0.29, 0.717) is 23.9 Å². The van der Waals surface area contributed by atoms with Gasteiger partial charge in [0.1, 0.15) is 13.2 Å². The maximum Gasteiger partial charge on any atom is 0.306 e. The first kappa shape index (κ1) is 76.0. The van der Waals surface area contributed by atoms with Gasteiger partial charge in [-0.2, -0.15) is 0 Å². The van der Waals surface area contributed by atoms with Gasteiger partial charge in [-0.3, -0.25) is 9.59 Å². The minimum absolute atomic E-state index is 0.148. The van der Waals surface area contributed by atoms with E-state index in [1.165, 1.54) is 218 Å². The van der Waals surface area contributed by atoms with Gasteiger partial charge in [0.2, 0.25) is 0 Å². The first-order valence-electron chi connectivity index (χ1n) is 33.4. The molecule has 0 spiro atoms. The molecule has 79 heavy (non-hydrogen) atoms. The minimum atomic E-state index is -1.62. The zero-order chi connectivity index (χ0) is 57.6. The molecule has 2 atom stereocenters. The number of carbonyl (C=O) groups excluding carboxylic acids is 3. The third-order valence-electron chi connectivity index (χ3n) is 14.7. The second kappa shape index (κ2) is 61.1. The van der Waals surface area contributed by atoms with Gasteiger partial charge in [-0.25, -0.2) is 0 Å². The zero-order valence-electron chi connectivity index (χ0n) is 52.5. The van der Waals surface area contributed by atoms with Crippen LogP contribution >= 0.6 is 0 Å². The maximum absolute atomic E-state index is 12.9. The molecule has 0 aliphatic carbocycles. The number of aliphatic carboxylic acids is 1. The molecule has 0 saturated heterocycles. The predicted octanol–water partition coefficient (Wildman–Crippen LogP) is 19.0. The van der Waals surface area contributed by atoms with Crippen LogP contribution in [0.4, 0.5) is 0 Å². The van der Waals surface area contributed by atoms with Gasteiger partial charge >= 0.3 is 11.9 Å². The van der Waals surface area contributed by atoms with E-state index in [0.717, 1.165) is 57.8 Å². The molecule has 0 aromatic rings. The molecule has 0 aromatic heterocycles. The molecule has 0 fully saturated rings. The van der Waals surface area contributed by atoms with Crippen LogP contribution in [0.15, 0.2) is 60.8 Å². The standard InChI is InChI=1S/C70H127NO8/c1-6-8-10-12-14-16-18-20-22-24-26-28-30-32-33-34-35-37-39-41-43-45-47-49-51-53-55-57-59-61-68(73)79-66(65-78-70(69(74)75)76-63-62-71(3,4)5)64-77-67(72)60-58-56-54-52-50-48-46-44-42-40-38-36-31-29-27-25-23-21-19-17-15-13-11-9-7-2/h8,10,14,16,20,22,25-28,66,70H,6-7,9,11-13,15,17-19,21,23-24,29-65H2,1-5H3/b10-8-,16-14-,22-20-,27-25-,28-26-. The van der Waals surface area contributed by atoms with Crippen LogP contribution in [-0.4, -0.2) is 82.3 Å². The lowest BCUT2D eigenvalue weighted by molar-refractivity contribution is -0.870. The first-order chi connectivity index (χ1) is 38.6. The summed E-state index contributed by atoms with van der Waals surface area (Å²) in [6.45, 7) is 4.68. The molecule has 0 saturated carbocycles. The summed E-state index contributed by atoms with van der Waals surface area (Å²) < 4.78 is 22.8. The fourth-order valence-electron chi connectivity index (χ4n) is 9.64. The van der Waals surface area contributed by atoms with Crippen molar-refractivity contribution in [3.8, 4) is 0 Å². The number of carboxylic acids is 1. The number of hydrogen-bond acceptors (Lipinski definition) is 8. The van der Waals surface area contributed by atoms with Crippen molar-refractivity contribution in [2.24, 2.45) is 0 Å². The average Bonchev–Trinajstić information content (AvgIpc) is 3.42. The van der Waals surface area contributed by atoms with Crippen LogP contribution in [0.5, 0.6) is 0 Å². The highest BCUT2D eigenvalue weighted by Crippen LogP contribution is 2.18. The molecule has 460 valence electrons. The number of ether oxygens (including phenoxy) is 4. The number of carboxylic acid groups (broad SMARTS) is 1. The number of likely N-dealkylation sites (N-methyl/N-ethyl adjacent to an activating group) is 1. The Morgan fingerprint density at radius 3 is 1.09 bits per heavy atom. The number of carbonyl (C=O) groups is 3. The van der Waals surface area contributed by atoms with Gasteiger partial charge in [0.25, 0.3) is 0 Å². The van der Waals surface area contributed by atoms with Crippen LogP contribution in [0.1, 0.15) is 309 Å². The van der Waals surface area contributed by atoms with Crippen LogP contribution < -0.4 is 5.11 Å². The zero-order valence-corrected chi connectivity index (χ0v) is 52.5. The lowest BCUT2D eigenvalue weighted by Gasteiger charge is -2.26. The van der Waals surface area contributed by atoms with Gasteiger partial charge in [-0.15, -0.1) is 0 Å². The predicted molar refractivity (Wildman–Crippen MR) is 334 cm³/mol. The van der Waals surface area contributed by atoms with E-state index in [-0.39, 0.29) is 32.2 Å². The smallest absolute Gasteiger partial charge is 0.306 e. The lowest BCUT2D eigenvalue weighted by Crippen LogP contribution is -2.44. The molecule has 0 aromatic carbocycles. The molecule has 0 N–H and O–H groups in total. The molecule has 0 rings (SSSR count). The normalized spacial score (nSPS) is 13.1. The van der Waals surface area contributed by atoms with Crippen molar-refractivity contribution in [2.75, 3.05) is 47.5 Å². The number of unbranched alkanes of at least 4 members (excludes halogenated alkanes) is 37. The fraction of sp³-hybridized carbons (Fsp3) is 0.814. The molecule has 2 unspecified atom stereocenters. The Bertz CT molecular complexity index is 1480. The van der Waals surface area contributed by atoms with Crippen molar-refractivity contribution in [3.63, 3.8) is 0 Å². The summed E-state index contributed by atoms with van der Waals surface area (Å²) in [5.74, 6) is -2.27. The number of nitrogens with zero attached hydrogens (tertiary/aromatic N) is 1. The quantitative estimate of drug-likeness (QED) is 0.0195. The molecule has 0 radical (unpaired) electrons. The van der Waals surface area contributed by atoms with Crippen molar-refractivity contribution in [2.45, 2.75) is 322 Å².